The fourth-order valence-corrected chi connectivity index (χ4v) is 3.36. The monoisotopic (exact) mass is 287 g/mol. The normalized spacial score (nSPS) is 17.1. The maximum Gasteiger partial charge on any atom is 0.312 e. The molecule has 102 valence electrons. The highest BCUT2D eigenvalue weighted by molar-refractivity contribution is 7.08. The number of aliphatic carboxylic acids is 1. The van der Waals surface area contributed by atoms with Gasteiger partial charge in [-0.1, -0.05) is 18.2 Å². The van der Waals surface area contributed by atoms with E-state index in [0.717, 1.165) is 5.56 Å². The Bertz CT molecular complexity index is 692. The Hall–Kier alpha value is -2.14. The third-order valence-electron chi connectivity index (χ3n) is 3.60. The SMILES string of the molecule is Cc1cscc1C(=O)N1CC(C(=O)O)c2ccccc21. The van der Waals surface area contributed by atoms with Crippen molar-refractivity contribution in [1.82, 2.24) is 0 Å². The van der Waals surface area contributed by atoms with Gasteiger partial charge in [-0.15, -0.1) is 0 Å². The molecule has 2 aromatic rings. The number of fused-ring (bicyclic) bond motifs is 1. The smallest absolute Gasteiger partial charge is 0.312 e. The van der Waals surface area contributed by atoms with E-state index < -0.39 is 11.9 Å². The van der Waals surface area contributed by atoms with Crippen molar-refractivity contribution in [2.24, 2.45) is 0 Å². The summed E-state index contributed by atoms with van der Waals surface area (Å²) in [5.74, 6) is -1.66. The second-order valence-electron chi connectivity index (χ2n) is 4.83. The molecule has 1 amide bonds. The zero-order valence-electron chi connectivity index (χ0n) is 10.9. The van der Waals surface area contributed by atoms with Crippen LogP contribution >= 0.6 is 11.3 Å². The molecule has 0 saturated carbocycles. The molecule has 0 aliphatic carbocycles. The lowest BCUT2D eigenvalue weighted by Gasteiger charge is -2.17. The maximum atomic E-state index is 12.6. The second kappa shape index (κ2) is 4.76. The molecule has 1 unspecified atom stereocenters. The number of rotatable bonds is 2. The Morgan fingerprint density at radius 2 is 2.05 bits per heavy atom. The Morgan fingerprint density at radius 1 is 1.30 bits per heavy atom. The number of thiophene rings is 1. The molecule has 0 spiro atoms. The Morgan fingerprint density at radius 3 is 2.70 bits per heavy atom. The van der Waals surface area contributed by atoms with E-state index in [1.807, 2.05) is 23.8 Å². The third-order valence-corrected chi connectivity index (χ3v) is 4.46. The van der Waals surface area contributed by atoms with Crippen molar-refractivity contribution in [3.05, 3.63) is 51.7 Å². The van der Waals surface area contributed by atoms with Crippen molar-refractivity contribution in [2.75, 3.05) is 11.4 Å². The number of anilines is 1. The molecular formula is C15H13NO3S. The summed E-state index contributed by atoms with van der Waals surface area (Å²) in [6.45, 7) is 2.09. The number of carbonyl (C=O) groups is 2. The molecule has 1 atom stereocenters. The van der Waals surface area contributed by atoms with Crippen LogP contribution in [-0.2, 0) is 4.79 Å². The second-order valence-corrected chi connectivity index (χ2v) is 5.58. The lowest BCUT2D eigenvalue weighted by molar-refractivity contribution is -0.138. The molecule has 0 saturated heterocycles. The minimum atomic E-state index is -0.894. The summed E-state index contributed by atoms with van der Waals surface area (Å²) in [6.07, 6.45) is 0. The maximum absolute atomic E-state index is 12.6. The number of amides is 1. The molecule has 20 heavy (non-hydrogen) atoms. The fraction of sp³-hybridized carbons (Fsp3) is 0.200. The number of carboxylic acids is 1. The van der Waals surface area contributed by atoms with E-state index >= 15 is 0 Å². The summed E-state index contributed by atoms with van der Waals surface area (Å²) in [4.78, 5) is 25.5. The van der Waals surface area contributed by atoms with Crippen molar-refractivity contribution >= 4 is 28.9 Å². The van der Waals surface area contributed by atoms with Crippen LogP contribution in [0, 0.1) is 6.92 Å². The molecule has 1 aliphatic rings. The molecule has 4 nitrogen and oxygen atoms in total. The number of benzene rings is 1. The van der Waals surface area contributed by atoms with Gasteiger partial charge in [0, 0.05) is 17.6 Å². The molecule has 1 aromatic heterocycles. The highest BCUT2D eigenvalue weighted by Gasteiger charge is 2.36. The van der Waals surface area contributed by atoms with Crippen LogP contribution in [0.3, 0.4) is 0 Å². The first-order valence-electron chi connectivity index (χ1n) is 6.26. The van der Waals surface area contributed by atoms with Gasteiger partial charge in [-0.25, -0.2) is 0 Å². The number of carboxylic acid groups (broad SMARTS) is 1. The van der Waals surface area contributed by atoms with E-state index in [2.05, 4.69) is 0 Å². The van der Waals surface area contributed by atoms with Crippen LogP contribution in [0.4, 0.5) is 5.69 Å². The molecule has 1 aliphatic heterocycles. The van der Waals surface area contributed by atoms with Crippen LogP contribution in [0.15, 0.2) is 35.0 Å². The molecule has 0 fully saturated rings. The van der Waals surface area contributed by atoms with Crippen LogP contribution in [0.1, 0.15) is 27.4 Å². The zero-order valence-corrected chi connectivity index (χ0v) is 11.7. The molecule has 3 rings (SSSR count). The summed E-state index contributed by atoms with van der Waals surface area (Å²) in [5, 5.41) is 13.0. The molecular weight excluding hydrogens is 274 g/mol. The number of hydrogen-bond acceptors (Lipinski definition) is 3. The van der Waals surface area contributed by atoms with E-state index in [0.29, 0.717) is 16.8 Å². The van der Waals surface area contributed by atoms with Crippen molar-refractivity contribution in [1.29, 1.82) is 0 Å². The van der Waals surface area contributed by atoms with Crippen LogP contribution in [0.2, 0.25) is 0 Å². The topological polar surface area (TPSA) is 57.6 Å². The summed E-state index contributed by atoms with van der Waals surface area (Å²) in [6, 6.07) is 7.21. The van der Waals surface area contributed by atoms with Crippen LogP contribution in [-0.4, -0.2) is 23.5 Å². The number of aryl methyl sites for hydroxylation is 1. The number of nitrogens with zero attached hydrogens (tertiary/aromatic N) is 1. The van der Waals surface area contributed by atoms with Gasteiger partial charge in [-0.05, 0) is 29.5 Å². The predicted octanol–water partition coefficient (Wildman–Crippen LogP) is 2.89. The summed E-state index contributed by atoms with van der Waals surface area (Å²) >= 11 is 1.48. The van der Waals surface area contributed by atoms with Gasteiger partial charge in [0.1, 0.15) is 5.92 Å². The van der Waals surface area contributed by atoms with Gasteiger partial charge in [0.05, 0.1) is 5.56 Å². The number of carbonyl (C=O) groups excluding carboxylic acids is 1. The highest BCUT2D eigenvalue weighted by Crippen LogP contribution is 2.37. The molecule has 1 N–H and O–H groups in total. The zero-order chi connectivity index (χ0) is 14.3. The Kier molecular flexibility index (Phi) is 3.06. The van der Waals surface area contributed by atoms with Gasteiger partial charge >= 0.3 is 5.97 Å². The van der Waals surface area contributed by atoms with E-state index in [1.54, 1.807) is 23.1 Å². The minimum absolute atomic E-state index is 0.125. The van der Waals surface area contributed by atoms with Gasteiger partial charge in [0.2, 0.25) is 0 Å². The standard InChI is InChI=1S/C15H13NO3S/c1-9-7-20-8-12(9)14(17)16-6-11(15(18)19)10-4-2-3-5-13(10)16/h2-5,7-8,11H,6H2,1H3,(H,18,19). The van der Waals surface area contributed by atoms with Gasteiger partial charge in [0.15, 0.2) is 0 Å². The number of hydrogen-bond donors (Lipinski definition) is 1. The third kappa shape index (κ3) is 1.91. The summed E-state index contributed by atoms with van der Waals surface area (Å²) < 4.78 is 0. The summed E-state index contributed by atoms with van der Waals surface area (Å²) in [5.41, 5.74) is 2.99. The van der Waals surface area contributed by atoms with E-state index in [9.17, 15) is 14.7 Å². The lowest BCUT2D eigenvalue weighted by atomic mass is 10.0. The van der Waals surface area contributed by atoms with Crippen LogP contribution < -0.4 is 4.90 Å². The van der Waals surface area contributed by atoms with Gasteiger partial charge in [-0.3, -0.25) is 9.59 Å². The lowest BCUT2D eigenvalue weighted by Crippen LogP contribution is -2.31. The first-order valence-corrected chi connectivity index (χ1v) is 7.20. The highest BCUT2D eigenvalue weighted by atomic mass is 32.1. The minimum Gasteiger partial charge on any atom is -0.481 e. The molecule has 0 bridgehead atoms. The summed E-state index contributed by atoms with van der Waals surface area (Å²) in [7, 11) is 0. The van der Waals surface area contributed by atoms with Crippen molar-refractivity contribution < 1.29 is 14.7 Å². The quantitative estimate of drug-likeness (QED) is 0.924. The van der Waals surface area contributed by atoms with Gasteiger partial charge < -0.3 is 10.0 Å². The number of para-hydroxylation sites is 1. The Labute approximate surface area is 120 Å². The molecule has 5 heteroatoms. The van der Waals surface area contributed by atoms with Crippen molar-refractivity contribution in [3.63, 3.8) is 0 Å². The molecule has 0 radical (unpaired) electrons. The largest absolute Gasteiger partial charge is 0.481 e. The van der Waals surface area contributed by atoms with Gasteiger partial charge in [-0.2, -0.15) is 11.3 Å². The average Bonchev–Trinajstić information content (AvgIpc) is 3.01. The fourth-order valence-electron chi connectivity index (χ4n) is 2.54. The average molecular weight is 287 g/mol. The first kappa shape index (κ1) is 12.9. The van der Waals surface area contributed by atoms with Crippen LogP contribution in [0.25, 0.3) is 0 Å². The first-order chi connectivity index (χ1) is 9.59. The van der Waals surface area contributed by atoms with Gasteiger partial charge in [0.25, 0.3) is 5.91 Å². The van der Waals surface area contributed by atoms with E-state index in [1.165, 1.54) is 11.3 Å². The van der Waals surface area contributed by atoms with Crippen LogP contribution in [0.5, 0.6) is 0 Å². The Balaban J connectivity index is 2.03. The molecule has 1 aromatic carbocycles. The van der Waals surface area contributed by atoms with E-state index in [4.69, 9.17) is 0 Å². The van der Waals surface area contributed by atoms with E-state index in [-0.39, 0.29) is 12.5 Å². The molecule has 2 heterocycles. The van der Waals surface area contributed by atoms with Crippen molar-refractivity contribution in [2.45, 2.75) is 12.8 Å². The predicted molar refractivity (Wildman–Crippen MR) is 77.6 cm³/mol. The van der Waals surface area contributed by atoms with Crippen molar-refractivity contribution in [3.8, 4) is 0 Å².